The number of halogens is 1. The van der Waals surface area contributed by atoms with Crippen molar-refractivity contribution < 1.29 is 0 Å². The fourth-order valence-corrected chi connectivity index (χ4v) is 2.97. The van der Waals surface area contributed by atoms with E-state index >= 15 is 0 Å². The van der Waals surface area contributed by atoms with E-state index in [0.717, 1.165) is 20.7 Å². The third-order valence-corrected chi connectivity index (χ3v) is 4.00. The topological polar surface area (TPSA) is 51.8 Å². The number of nitrogens with two attached hydrogens (primary N) is 1. The molecule has 5 heteroatoms. The Kier molecular flexibility index (Phi) is 3.84. The molecule has 0 spiro atoms. The smallest absolute Gasteiger partial charge is 0.114 e. The van der Waals surface area contributed by atoms with E-state index in [-0.39, 0.29) is 11.5 Å². The molecule has 0 aliphatic rings. The predicted octanol–water partition coefficient (Wildman–Crippen LogP) is 3.65. The van der Waals surface area contributed by atoms with Crippen molar-refractivity contribution in [2.75, 3.05) is 0 Å². The highest BCUT2D eigenvalue weighted by atomic mass is 79.9. The van der Waals surface area contributed by atoms with Crippen molar-refractivity contribution in [1.29, 1.82) is 0 Å². The summed E-state index contributed by atoms with van der Waals surface area (Å²) in [6.07, 6.45) is 3.53. The first-order chi connectivity index (χ1) is 8.38. The van der Waals surface area contributed by atoms with Crippen LogP contribution in [0.3, 0.4) is 0 Å². The summed E-state index contributed by atoms with van der Waals surface area (Å²) in [4.78, 5) is 8.77. The second kappa shape index (κ2) is 5.07. The third-order valence-electron chi connectivity index (χ3n) is 2.64. The Morgan fingerprint density at radius 3 is 2.61 bits per heavy atom. The quantitative estimate of drug-likeness (QED) is 0.916. The van der Waals surface area contributed by atoms with E-state index in [1.165, 1.54) is 0 Å². The number of pyridine rings is 1. The molecule has 0 bridgehead atoms. The molecule has 0 aliphatic heterocycles. The Bertz CT molecular complexity index is 545. The molecule has 0 saturated heterocycles. The highest BCUT2D eigenvalue weighted by molar-refractivity contribution is 9.10. The van der Waals surface area contributed by atoms with Crippen LogP contribution in [0.15, 0.2) is 28.3 Å². The van der Waals surface area contributed by atoms with Crippen LogP contribution in [0.1, 0.15) is 43.1 Å². The van der Waals surface area contributed by atoms with Crippen molar-refractivity contribution in [2.45, 2.75) is 32.2 Å². The summed E-state index contributed by atoms with van der Waals surface area (Å²) in [6.45, 7) is 6.45. The highest BCUT2D eigenvalue weighted by Gasteiger charge is 2.20. The Labute approximate surface area is 120 Å². The van der Waals surface area contributed by atoms with Gasteiger partial charge in [-0.05, 0) is 27.6 Å². The SMILES string of the molecule is CC(C)(C)c1csc(C(N)c2cncc(Br)c2)n1. The van der Waals surface area contributed by atoms with Gasteiger partial charge in [0.1, 0.15) is 5.01 Å². The molecule has 0 radical (unpaired) electrons. The zero-order valence-corrected chi connectivity index (χ0v) is 13.0. The van der Waals surface area contributed by atoms with Crippen molar-refractivity contribution in [3.63, 3.8) is 0 Å². The summed E-state index contributed by atoms with van der Waals surface area (Å²) >= 11 is 5.01. The Hall–Kier alpha value is -0.780. The van der Waals surface area contributed by atoms with Crippen LogP contribution in [-0.2, 0) is 5.41 Å². The van der Waals surface area contributed by atoms with Gasteiger partial charge in [0.25, 0.3) is 0 Å². The third kappa shape index (κ3) is 2.96. The molecule has 1 atom stereocenters. The number of hydrogen-bond acceptors (Lipinski definition) is 4. The lowest BCUT2D eigenvalue weighted by molar-refractivity contribution is 0.569. The monoisotopic (exact) mass is 325 g/mol. The van der Waals surface area contributed by atoms with Gasteiger partial charge in [0.2, 0.25) is 0 Å². The van der Waals surface area contributed by atoms with Crippen molar-refractivity contribution in [1.82, 2.24) is 9.97 Å². The molecular weight excluding hydrogens is 310 g/mol. The summed E-state index contributed by atoms with van der Waals surface area (Å²) in [5, 5.41) is 3.01. The minimum absolute atomic E-state index is 0.0595. The average molecular weight is 326 g/mol. The van der Waals surface area contributed by atoms with Gasteiger partial charge in [0, 0.05) is 27.7 Å². The number of thiazole rings is 1. The lowest BCUT2D eigenvalue weighted by Gasteiger charge is -2.15. The van der Waals surface area contributed by atoms with Gasteiger partial charge < -0.3 is 5.73 Å². The molecule has 0 fully saturated rings. The molecule has 0 saturated carbocycles. The van der Waals surface area contributed by atoms with Crippen LogP contribution in [0.5, 0.6) is 0 Å². The van der Waals surface area contributed by atoms with Crippen LogP contribution in [0, 0.1) is 0 Å². The molecule has 0 aliphatic carbocycles. The summed E-state index contributed by atoms with van der Waals surface area (Å²) in [7, 11) is 0. The van der Waals surface area contributed by atoms with Gasteiger partial charge >= 0.3 is 0 Å². The molecule has 2 heterocycles. The summed E-state index contributed by atoms with van der Waals surface area (Å²) in [5.74, 6) is 0. The van der Waals surface area contributed by atoms with E-state index in [9.17, 15) is 0 Å². The molecule has 1 unspecified atom stereocenters. The van der Waals surface area contributed by atoms with Gasteiger partial charge in [-0.2, -0.15) is 0 Å². The first kappa shape index (κ1) is 13.6. The van der Waals surface area contributed by atoms with E-state index in [0.29, 0.717) is 0 Å². The van der Waals surface area contributed by atoms with Crippen LogP contribution in [-0.4, -0.2) is 9.97 Å². The molecule has 0 amide bonds. The molecule has 3 nitrogen and oxygen atoms in total. The summed E-state index contributed by atoms with van der Waals surface area (Å²) < 4.78 is 0.933. The second-order valence-corrected chi connectivity index (χ2v) is 7.04. The van der Waals surface area contributed by atoms with Gasteiger partial charge in [-0.3, -0.25) is 4.98 Å². The van der Waals surface area contributed by atoms with E-state index in [2.05, 4.69) is 52.0 Å². The van der Waals surface area contributed by atoms with Gasteiger partial charge in [0.05, 0.1) is 11.7 Å². The van der Waals surface area contributed by atoms with E-state index in [4.69, 9.17) is 5.73 Å². The molecular formula is C13H16BrN3S. The maximum atomic E-state index is 6.23. The molecule has 0 aromatic carbocycles. The van der Waals surface area contributed by atoms with Gasteiger partial charge in [0.15, 0.2) is 0 Å². The normalized spacial score (nSPS) is 13.6. The molecule has 2 rings (SSSR count). The van der Waals surface area contributed by atoms with Crippen LogP contribution >= 0.6 is 27.3 Å². The van der Waals surface area contributed by atoms with Crippen LogP contribution < -0.4 is 5.73 Å². The van der Waals surface area contributed by atoms with E-state index in [1.54, 1.807) is 23.7 Å². The predicted molar refractivity (Wildman–Crippen MR) is 78.8 cm³/mol. The van der Waals surface area contributed by atoms with Crippen molar-refractivity contribution in [2.24, 2.45) is 5.73 Å². The van der Waals surface area contributed by atoms with Crippen LogP contribution in [0.2, 0.25) is 0 Å². The Balaban J connectivity index is 2.29. The van der Waals surface area contributed by atoms with Gasteiger partial charge in [-0.1, -0.05) is 20.8 Å². The summed E-state index contributed by atoms with van der Waals surface area (Å²) in [6, 6.07) is 1.77. The fourth-order valence-electron chi connectivity index (χ4n) is 1.52. The van der Waals surface area contributed by atoms with Crippen molar-refractivity contribution >= 4 is 27.3 Å². The average Bonchev–Trinajstić information content (AvgIpc) is 2.77. The standard InChI is InChI=1S/C13H16BrN3S/c1-13(2,3)10-7-18-12(17-10)11(15)8-4-9(14)6-16-5-8/h4-7,11H,15H2,1-3H3. The lowest BCUT2D eigenvalue weighted by atomic mass is 9.93. The van der Waals surface area contributed by atoms with Gasteiger partial charge in [-0.25, -0.2) is 4.98 Å². The van der Waals surface area contributed by atoms with Gasteiger partial charge in [-0.15, -0.1) is 11.3 Å². The lowest BCUT2D eigenvalue weighted by Crippen LogP contribution is -2.15. The number of hydrogen-bond donors (Lipinski definition) is 1. The maximum absolute atomic E-state index is 6.23. The Morgan fingerprint density at radius 2 is 2.06 bits per heavy atom. The highest BCUT2D eigenvalue weighted by Crippen LogP contribution is 2.29. The number of rotatable bonds is 2. The molecule has 18 heavy (non-hydrogen) atoms. The molecule has 2 aromatic heterocycles. The zero-order chi connectivity index (χ0) is 13.3. The molecule has 2 aromatic rings. The first-order valence-corrected chi connectivity index (χ1v) is 7.37. The van der Waals surface area contributed by atoms with E-state index < -0.39 is 0 Å². The minimum Gasteiger partial charge on any atom is -0.318 e. The second-order valence-electron chi connectivity index (χ2n) is 5.24. The van der Waals surface area contributed by atoms with Crippen LogP contribution in [0.4, 0.5) is 0 Å². The minimum atomic E-state index is -0.212. The maximum Gasteiger partial charge on any atom is 0.114 e. The van der Waals surface area contributed by atoms with E-state index in [1.807, 2.05) is 6.07 Å². The zero-order valence-electron chi connectivity index (χ0n) is 10.6. The van der Waals surface area contributed by atoms with Crippen molar-refractivity contribution in [3.05, 3.63) is 44.6 Å². The first-order valence-electron chi connectivity index (χ1n) is 5.70. The molecule has 96 valence electrons. The number of aromatic nitrogens is 2. The fraction of sp³-hybridized carbons (Fsp3) is 0.385. The summed E-state index contributed by atoms with van der Waals surface area (Å²) in [5.41, 5.74) is 8.34. The molecule has 2 N–H and O–H groups in total. The van der Waals surface area contributed by atoms with Crippen molar-refractivity contribution in [3.8, 4) is 0 Å². The Morgan fingerprint density at radius 1 is 1.33 bits per heavy atom. The largest absolute Gasteiger partial charge is 0.318 e. The van der Waals surface area contributed by atoms with Crippen LogP contribution in [0.25, 0.3) is 0 Å². The number of nitrogens with zero attached hydrogens (tertiary/aromatic N) is 2.